The van der Waals surface area contributed by atoms with Crippen molar-refractivity contribution >= 4 is 50.7 Å². The van der Waals surface area contributed by atoms with Crippen molar-refractivity contribution < 1.29 is 5.11 Å². The molecule has 2 atom stereocenters. The molecule has 0 aliphatic heterocycles. The van der Waals surface area contributed by atoms with Gasteiger partial charge in [-0.1, -0.05) is 56.8 Å². The van der Waals surface area contributed by atoms with Gasteiger partial charge < -0.3 is 10.8 Å². The van der Waals surface area contributed by atoms with Crippen LogP contribution in [0.4, 0.5) is 0 Å². The first-order chi connectivity index (χ1) is 9.95. The fraction of sp³-hybridized carbons (Fsp3) is 0.200. The fourth-order valence-corrected chi connectivity index (χ4v) is 3.57. The summed E-state index contributed by atoms with van der Waals surface area (Å²) in [6, 6.07) is 10.4. The molecule has 0 saturated heterocycles. The predicted molar refractivity (Wildman–Crippen MR) is 92.4 cm³/mol. The van der Waals surface area contributed by atoms with E-state index in [4.69, 9.17) is 40.5 Å². The summed E-state index contributed by atoms with van der Waals surface area (Å²) in [6.07, 6.45) is -0.875. The molecule has 0 spiro atoms. The summed E-state index contributed by atoms with van der Waals surface area (Å²) in [5.74, 6) is -0.430. The molecule has 2 aromatic carbocycles. The zero-order valence-corrected chi connectivity index (χ0v) is 14.7. The van der Waals surface area contributed by atoms with Gasteiger partial charge in [0.1, 0.15) is 0 Å². The Morgan fingerprint density at radius 1 is 1.10 bits per heavy atom. The highest BCUT2D eigenvalue weighted by Gasteiger charge is 2.27. The van der Waals surface area contributed by atoms with Gasteiger partial charge in [0.25, 0.3) is 0 Å². The van der Waals surface area contributed by atoms with Gasteiger partial charge in [-0.25, -0.2) is 0 Å². The van der Waals surface area contributed by atoms with Gasteiger partial charge in [-0.3, -0.25) is 0 Å². The zero-order valence-electron chi connectivity index (χ0n) is 10.9. The first kappa shape index (κ1) is 17.1. The second-order valence-corrected chi connectivity index (χ2v) is 6.69. The van der Waals surface area contributed by atoms with Crippen molar-refractivity contribution in [1.82, 2.24) is 0 Å². The number of rotatable bonds is 4. The van der Waals surface area contributed by atoms with E-state index in [-0.39, 0.29) is 6.54 Å². The standard InChI is InChI=1S/C15H13BrCl3NO/c16-11-5-4-8(17)6-9(11)15(21)10(7-20)14-12(18)2-1-3-13(14)19/h1-6,10,15,21H,7,20H2. The topological polar surface area (TPSA) is 46.2 Å². The van der Waals surface area contributed by atoms with Crippen LogP contribution in [0.2, 0.25) is 15.1 Å². The normalized spacial score (nSPS) is 14.0. The van der Waals surface area contributed by atoms with Crippen LogP contribution in [0.1, 0.15) is 23.1 Å². The number of nitrogens with two attached hydrogens (primary N) is 1. The minimum Gasteiger partial charge on any atom is -0.388 e. The molecule has 0 heterocycles. The van der Waals surface area contributed by atoms with Crippen molar-refractivity contribution in [3.8, 4) is 0 Å². The molecule has 0 aliphatic rings. The number of hydrogen-bond acceptors (Lipinski definition) is 2. The number of hydrogen-bond donors (Lipinski definition) is 2. The van der Waals surface area contributed by atoms with Crippen LogP contribution in [-0.4, -0.2) is 11.7 Å². The van der Waals surface area contributed by atoms with Gasteiger partial charge in [-0.15, -0.1) is 0 Å². The predicted octanol–water partition coefficient (Wildman–Crippen LogP) is 5.19. The highest BCUT2D eigenvalue weighted by molar-refractivity contribution is 9.10. The van der Waals surface area contributed by atoms with E-state index in [1.165, 1.54) is 0 Å². The van der Waals surface area contributed by atoms with Crippen LogP contribution in [0.5, 0.6) is 0 Å². The first-order valence-electron chi connectivity index (χ1n) is 6.22. The van der Waals surface area contributed by atoms with Crippen molar-refractivity contribution in [2.45, 2.75) is 12.0 Å². The molecule has 2 unspecified atom stereocenters. The molecular formula is C15H13BrCl3NO. The quantitative estimate of drug-likeness (QED) is 0.730. The van der Waals surface area contributed by atoms with Crippen LogP contribution in [0.3, 0.4) is 0 Å². The van der Waals surface area contributed by atoms with Gasteiger partial charge in [0, 0.05) is 32.0 Å². The summed E-state index contributed by atoms with van der Waals surface area (Å²) in [5.41, 5.74) is 7.13. The molecule has 6 heteroatoms. The second kappa shape index (κ2) is 7.32. The lowest BCUT2D eigenvalue weighted by atomic mass is 9.89. The SMILES string of the molecule is NCC(c1c(Cl)cccc1Cl)C(O)c1cc(Cl)ccc1Br. The monoisotopic (exact) mass is 407 g/mol. The average molecular weight is 410 g/mol. The summed E-state index contributed by atoms with van der Waals surface area (Å²) >= 11 is 21.8. The Labute approximate surface area is 146 Å². The summed E-state index contributed by atoms with van der Waals surface area (Å²) in [5, 5.41) is 12.2. The molecule has 2 nitrogen and oxygen atoms in total. The van der Waals surface area contributed by atoms with E-state index in [1.54, 1.807) is 36.4 Å². The maximum absolute atomic E-state index is 10.7. The van der Waals surface area contributed by atoms with E-state index < -0.39 is 12.0 Å². The first-order valence-corrected chi connectivity index (χ1v) is 8.15. The Morgan fingerprint density at radius 2 is 1.71 bits per heavy atom. The van der Waals surface area contributed by atoms with Gasteiger partial charge >= 0.3 is 0 Å². The molecule has 0 aromatic heterocycles. The Kier molecular flexibility index (Phi) is 5.95. The third-order valence-electron chi connectivity index (χ3n) is 3.28. The van der Waals surface area contributed by atoms with E-state index in [9.17, 15) is 5.11 Å². The second-order valence-electron chi connectivity index (χ2n) is 4.59. The third-order valence-corrected chi connectivity index (χ3v) is 4.90. The third kappa shape index (κ3) is 3.73. The van der Waals surface area contributed by atoms with Gasteiger partial charge in [-0.2, -0.15) is 0 Å². The Balaban J connectivity index is 2.48. The molecule has 0 radical (unpaired) electrons. The van der Waals surface area contributed by atoms with E-state index in [0.717, 1.165) is 4.47 Å². The highest BCUT2D eigenvalue weighted by Crippen LogP contribution is 2.40. The van der Waals surface area contributed by atoms with Crippen LogP contribution >= 0.6 is 50.7 Å². The van der Waals surface area contributed by atoms with E-state index >= 15 is 0 Å². The molecular weight excluding hydrogens is 396 g/mol. The summed E-state index contributed by atoms with van der Waals surface area (Å²) in [7, 11) is 0. The van der Waals surface area contributed by atoms with Crippen LogP contribution in [0.15, 0.2) is 40.9 Å². The van der Waals surface area contributed by atoms with Crippen LogP contribution in [-0.2, 0) is 0 Å². The Bertz CT molecular complexity index is 631. The number of aliphatic hydroxyl groups is 1. The molecule has 2 rings (SSSR count). The fourth-order valence-electron chi connectivity index (χ4n) is 2.23. The van der Waals surface area contributed by atoms with Crippen LogP contribution < -0.4 is 5.73 Å². The molecule has 0 saturated carbocycles. The van der Waals surface area contributed by atoms with Crippen LogP contribution in [0, 0.1) is 0 Å². The molecule has 3 N–H and O–H groups in total. The lowest BCUT2D eigenvalue weighted by molar-refractivity contribution is 0.147. The summed E-state index contributed by atoms with van der Waals surface area (Å²) in [6.45, 7) is 0.198. The number of halogens is 4. The van der Waals surface area contributed by atoms with Gasteiger partial charge in [-0.05, 0) is 41.5 Å². The van der Waals surface area contributed by atoms with Gasteiger partial charge in [0.2, 0.25) is 0 Å². The lowest BCUT2D eigenvalue weighted by Gasteiger charge is -2.25. The molecule has 21 heavy (non-hydrogen) atoms. The van der Waals surface area contributed by atoms with Crippen molar-refractivity contribution in [3.05, 3.63) is 67.1 Å². The average Bonchev–Trinajstić information content (AvgIpc) is 2.45. The molecule has 0 amide bonds. The molecule has 112 valence electrons. The van der Waals surface area contributed by atoms with Crippen molar-refractivity contribution in [1.29, 1.82) is 0 Å². The Morgan fingerprint density at radius 3 is 2.29 bits per heavy atom. The smallest absolute Gasteiger partial charge is 0.0883 e. The Hall–Kier alpha value is -0.290. The zero-order chi connectivity index (χ0) is 15.6. The highest BCUT2D eigenvalue weighted by atomic mass is 79.9. The van der Waals surface area contributed by atoms with Gasteiger partial charge in [0.05, 0.1) is 6.10 Å². The van der Waals surface area contributed by atoms with Crippen molar-refractivity contribution in [3.63, 3.8) is 0 Å². The van der Waals surface area contributed by atoms with Gasteiger partial charge in [0.15, 0.2) is 0 Å². The molecule has 0 aliphatic carbocycles. The lowest BCUT2D eigenvalue weighted by Crippen LogP contribution is -2.21. The number of aliphatic hydroxyl groups excluding tert-OH is 1. The van der Waals surface area contributed by atoms with Crippen molar-refractivity contribution in [2.75, 3.05) is 6.54 Å². The maximum Gasteiger partial charge on any atom is 0.0883 e. The minimum atomic E-state index is -0.875. The summed E-state index contributed by atoms with van der Waals surface area (Å²) < 4.78 is 0.751. The number of benzene rings is 2. The van der Waals surface area contributed by atoms with E-state index in [0.29, 0.717) is 26.2 Å². The molecule has 0 bridgehead atoms. The molecule has 0 fully saturated rings. The largest absolute Gasteiger partial charge is 0.388 e. The maximum atomic E-state index is 10.7. The summed E-state index contributed by atoms with van der Waals surface area (Å²) in [4.78, 5) is 0. The van der Waals surface area contributed by atoms with E-state index in [2.05, 4.69) is 15.9 Å². The van der Waals surface area contributed by atoms with Crippen LogP contribution in [0.25, 0.3) is 0 Å². The molecule has 2 aromatic rings. The van der Waals surface area contributed by atoms with Crippen molar-refractivity contribution in [2.24, 2.45) is 5.73 Å². The minimum absolute atomic E-state index is 0.198. The van der Waals surface area contributed by atoms with E-state index in [1.807, 2.05) is 0 Å².